The molecular weight excluding hydrogens is 356 g/mol. The minimum absolute atomic E-state index is 0.0633. The number of hydrogen-bond acceptors (Lipinski definition) is 4. The number of aryl methyl sites for hydroxylation is 1. The van der Waals surface area contributed by atoms with Gasteiger partial charge in [0.15, 0.2) is 6.04 Å². The predicted molar refractivity (Wildman–Crippen MR) is 105 cm³/mol. The van der Waals surface area contributed by atoms with Crippen molar-refractivity contribution in [3.63, 3.8) is 0 Å². The summed E-state index contributed by atoms with van der Waals surface area (Å²) in [7, 11) is 0. The maximum absolute atomic E-state index is 10.9. The standard InChI is InChI=1S/C21H20N4OS/c1-14-22-21-25(23-14)20(26)19(27-21)18(16-8-3-2-4-9-16)24-12-11-15-7-5-6-10-17(15)13-24/h2-10,18,26H,11-13H2,1H3/p+1/t18-/m0/s1. The smallest absolute Gasteiger partial charge is 0.235 e. The average molecular weight is 377 g/mol. The van der Waals surface area contributed by atoms with Gasteiger partial charge in [0.25, 0.3) is 0 Å². The van der Waals surface area contributed by atoms with Crippen molar-refractivity contribution in [3.8, 4) is 5.88 Å². The topological polar surface area (TPSA) is 54.9 Å². The molecule has 2 aromatic carbocycles. The minimum Gasteiger partial charge on any atom is -0.492 e. The van der Waals surface area contributed by atoms with Crippen LogP contribution in [0.3, 0.4) is 0 Å². The lowest BCUT2D eigenvalue weighted by Gasteiger charge is -2.32. The van der Waals surface area contributed by atoms with E-state index in [9.17, 15) is 5.11 Å². The van der Waals surface area contributed by atoms with Gasteiger partial charge in [-0.05, 0) is 12.5 Å². The summed E-state index contributed by atoms with van der Waals surface area (Å²) >= 11 is 1.54. The second kappa shape index (κ2) is 6.48. The van der Waals surface area contributed by atoms with Crippen molar-refractivity contribution in [3.05, 3.63) is 82.0 Å². The third-order valence-corrected chi connectivity index (χ3v) is 6.45. The van der Waals surface area contributed by atoms with Gasteiger partial charge in [-0.15, -0.1) is 5.10 Å². The summed E-state index contributed by atoms with van der Waals surface area (Å²) in [5, 5.41) is 15.3. The summed E-state index contributed by atoms with van der Waals surface area (Å²) in [6, 6.07) is 19.2. The number of aromatic nitrogens is 3. The Bertz CT molecular complexity index is 1100. The predicted octanol–water partition coefficient (Wildman–Crippen LogP) is 2.54. The van der Waals surface area contributed by atoms with Crippen LogP contribution in [-0.4, -0.2) is 26.2 Å². The lowest BCUT2D eigenvalue weighted by atomic mass is 9.96. The summed E-state index contributed by atoms with van der Waals surface area (Å²) in [6.07, 6.45) is 1.05. The number of aromatic hydroxyl groups is 1. The first-order chi connectivity index (χ1) is 13.2. The highest BCUT2D eigenvalue weighted by molar-refractivity contribution is 7.17. The Balaban J connectivity index is 1.61. The number of thiazole rings is 1. The number of nitrogens with zero attached hydrogens (tertiary/aromatic N) is 3. The van der Waals surface area contributed by atoms with Crippen LogP contribution in [0.25, 0.3) is 4.96 Å². The zero-order valence-corrected chi connectivity index (χ0v) is 15.9. The van der Waals surface area contributed by atoms with Crippen molar-refractivity contribution < 1.29 is 10.0 Å². The van der Waals surface area contributed by atoms with Crippen LogP contribution >= 0.6 is 11.3 Å². The van der Waals surface area contributed by atoms with E-state index in [-0.39, 0.29) is 11.9 Å². The van der Waals surface area contributed by atoms with E-state index in [1.807, 2.05) is 13.0 Å². The molecule has 0 fully saturated rings. The van der Waals surface area contributed by atoms with Gasteiger partial charge >= 0.3 is 0 Å². The third kappa shape index (κ3) is 2.81. The lowest BCUT2D eigenvalue weighted by molar-refractivity contribution is -0.940. The highest BCUT2D eigenvalue weighted by Gasteiger charge is 2.34. The maximum atomic E-state index is 10.9. The number of quaternary nitrogens is 1. The Morgan fingerprint density at radius 1 is 1.07 bits per heavy atom. The summed E-state index contributed by atoms with van der Waals surface area (Å²) in [5.41, 5.74) is 4.05. The molecule has 4 aromatic rings. The van der Waals surface area contributed by atoms with Crippen LogP contribution in [0.2, 0.25) is 0 Å². The fourth-order valence-electron chi connectivity index (χ4n) is 4.10. The first-order valence-corrected chi connectivity index (χ1v) is 10.0. The normalized spacial score (nSPS) is 17.7. The molecule has 5 rings (SSSR count). The van der Waals surface area contributed by atoms with Crippen molar-refractivity contribution in [2.24, 2.45) is 0 Å². The monoisotopic (exact) mass is 377 g/mol. The Kier molecular flexibility index (Phi) is 3.95. The second-order valence-corrected chi connectivity index (χ2v) is 8.10. The Morgan fingerprint density at radius 3 is 2.59 bits per heavy atom. The Labute approximate surface area is 161 Å². The van der Waals surface area contributed by atoms with E-state index < -0.39 is 0 Å². The van der Waals surface area contributed by atoms with Gasteiger partial charge in [-0.1, -0.05) is 65.9 Å². The average Bonchev–Trinajstić information content (AvgIpc) is 3.20. The highest BCUT2D eigenvalue weighted by atomic mass is 32.1. The van der Waals surface area contributed by atoms with E-state index in [0.717, 1.165) is 29.3 Å². The quantitative estimate of drug-likeness (QED) is 0.577. The molecule has 0 saturated heterocycles. The summed E-state index contributed by atoms with van der Waals surface area (Å²) in [6.45, 7) is 3.82. The van der Waals surface area contributed by atoms with Gasteiger partial charge in [0.1, 0.15) is 17.2 Å². The molecule has 2 N–H and O–H groups in total. The van der Waals surface area contributed by atoms with E-state index in [0.29, 0.717) is 5.82 Å². The SMILES string of the molecule is Cc1nc2sc([C@H](c3ccccc3)[NH+]3CCc4ccccc4C3)c(O)n2n1. The molecule has 0 radical (unpaired) electrons. The van der Waals surface area contributed by atoms with E-state index in [1.54, 1.807) is 15.9 Å². The van der Waals surface area contributed by atoms with Crippen LogP contribution in [-0.2, 0) is 13.0 Å². The van der Waals surface area contributed by atoms with Crippen LogP contribution in [0.1, 0.15) is 33.4 Å². The molecule has 136 valence electrons. The summed E-state index contributed by atoms with van der Waals surface area (Å²) in [4.78, 5) is 7.58. The van der Waals surface area contributed by atoms with Crippen molar-refractivity contribution in [1.82, 2.24) is 14.6 Å². The molecule has 0 saturated carbocycles. The molecule has 5 nitrogen and oxygen atoms in total. The van der Waals surface area contributed by atoms with Crippen molar-refractivity contribution in [1.29, 1.82) is 0 Å². The molecule has 0 spiro atoms. The van der Waals surface area contributed by atoms with Gasteiger partial charge in [-0.3, -0.25) is 0 Å². The molecule has 1 aliphatic heterocycles. The summed E-state index contributed by atoms with van der Waals surface area (Å²) < 4.78 is 1.57. The Morgan fingerprint density at radius 2 is 1.81 bits per heavy atom. The molecule has 1 aliphatic rings. The zero-order chi connectivity index (χ0) is 18.4. The van der Waals surface area contributed by atoms with E-state index in [4.69, 9.17) is 0 Å². The number of benzene rings is 2. The largest absolute Gasteiger partial charge is 0.492 e. The number of rotatable bonds is 3. The number of fused-ring (bicyclic) bond motifs is 2. The van der Waals surface area contributed by atoms with Crippen molar-refractivity contribution in [2.45, 2.75) is 25.9 Å². The number of nitrogens with one attached hydrogen (secondary N) is 1. The van der Waals surface area contributed by atoms with Crippen LogP contribution in [0.15, 0.2) is 54.6 Å². The molecule has 2 atom stereocenters. The van der Waals surface area contributed by atoms with E-state index >= 15 is 0 Å². The second-order valence-electron chi connectivity index (χ2n) is 7.09. The molecule has 0 amide bonds. The fourth-order valence-corrected chi connectivity index (χ4v) is 5.29. The van der Waals surface area contributed by atoms with Gasteiger partial charge in [-0.25, -0.2) is 4.98 Å². The molecule has 2 aromatic heterocycles. The zero-order valence-electron chi connectivity index (χ0n) is 15.1. The maximum Gasteiger partial charge on any atom is 0.235 e. The molecule has 1 unspecified atom stereocenters. The highest BCUT2D eigenvalue weighted by Crippen LogP contribution is 2.35. The van der Waals surface area contributed by atoms with Gasteiger partial charge in [0, 0.05) is 17.5 Å². The summed E-state index contributed by atoms with van der Waals surface area (Å²) in [5.74, 6) is 0.898. The molecule has 6 heteroatoms. The van der Waals surface area contributed by atoms with Gasteiger partial charge < -0.3 is 10.0 Å². The van der Waals surface area contributed by atoms with Gasteiger partial charge in [0.05, 0.1) is 6.54 Å². The fraction of sp³-hybridized carbons (Fsp3) is 0.238. The Hall–Kier alpha value is -2.70. The van der Waals surface area contributed by atoms with Crippen LogP contribution in [0, 0.1) is 6.92 Å². The minimum atomic E-state index is 0.0633. The molecule has 3 heterocycles. The van der Waals surface area contributed by atoms with Crippen LogP contribution < -0.4 is 4.90 Å². The van der Waals surface area contributed by atoms with Gasteiger partial charge in [0.2, 0.25) is 10.8 Å². The van der Waals surface area contributed by atoms with Crippen LogP contribution in [0.4, 0.5) is 0 Å². The van der Waals surface area contributed by atoms with Crippen LogP contribution in [0.5, 0.6) is 5.88 Å². The molecule has 27 heavy (non-hydrogen) atoms. The van der Waals surface area contributed by atoms with Crippen molar-refractivity contribution in [2.75, 3.05) is 6.54 Å². The third-order valence-electron chi connectivity index (χ3n) is 5.36. The first kappa shape index (κ1) is 16.5. The first-order valence-electron chi connectivity index (χ1n) is 9.22. The molecular formula is C21H21N4OS+. The molecule has 0 aliphatic carbocycles. The number of hydrogen-bond donors (Lipinski definition) is 2. The van der Waals surface area contributed by atoms with Gasteiger partial charge in [-0.2, -0.15) is 4.52 Å². The molecule has 0 bridgehead atoms. The van der Waals surface area contributed by atoms with Crippen molar-refractivity contribution >= 4 is 16.3 Å². The van der Waals surface area contributed by atoms with E-state index in [1.165, 1.54) is 21.6 Å². The van der Waals surface area contributed by atoms with E-state index in [2.05, 4.69) is 58.6 Å². The lowest BCUT2D eigenvalue weighted by Crippen LogP contribution is -3.12.